The molecule has 2 heterocycles. The quantitative estimate of drug-likeness (QED) is 0.625. The van der Waals surface area contributed by atoms with E-state index in [9.17, 15) is 14.3 Å². The van der Waals surface area contributed by atoms with E-state index in [2.05, 4.69) is 4.98 Å². The minimum absolute atomic E-state index is 0.00376. The molecule has 0 aliphatic carbocycles. The van der Waals surface area contributed by atoms with Gasteiger partial charge in [-0.1, -0.05) is 0 Å². The topological polar surface area (TPSA) is 87.5 Å². The number of ether oxygens (including phenoxy) is 1. The molecule has 0 amide bonds. The lowest BCUT2D eigenvalue weighted by atomic mass is 10.1. The number of nitrogens with zero attached hydrogens (tertiary/aromatic N) is 1. The number of aromatic amines is 1. The molecule has 0 unspecified atom stereocenters. The summed E-state index contributed by atoms with van der Waals surface area (Å²) in [6.07, 6.45) is -4.00. The SMILES string of the molecule is O=c1ccn([C@@H]2O[C@H](CO)[C@@H](O)[C@@H]2F)c(=S)[nH]1. The van der Waals surface area contributed by atoms with Crippen LogP contribution < -0.4 is 5.56 Å². The predicted octanol–water partition coefficient (Wildman–Crippen LogP) is -0.505. The maximum absolute atomic E-state index is 13.7. The van der Waals surface area contributed by atoms with Crippen molar-refractivity contribution in [3.8, 4) is 0 Å². The number of alkyl halides is 1. The molecule has 4 atom stereocenters. The molecule has 2 rings (SSSR count). The van der Waals surface area contributed by atoms with E-state index in [0.29, 0.717) is 0 Å². The zero-order valence-electron chi connectivity index (χ0n) is 8.62. The lowest BCUT2D eigenvalue weighted by Crippen LogP contribution is -2.30. The molecule has 17 heavy (non-hydrogen) atoms. The van der Waals surface area contributed by atoms with E-state index in [4.69, 9.17) is 22.1 Å². The average molecular weight is 262 g/mol. The minimum Gasteiger partial charge on any atom is -0.394 e. The van der Waals surface area contributed by atoms with Crippen LogP contribution in [0.2, 0.25) is 0 Å². The molecule has 0 radical (unpaired) electrons. The molecule has 1 aromatic heterocycles. The Labute approximate surface area is 100 Å². The third kappa shape index (κ3) is 2.16. The molecule has 1 aliphatic rings. The van der Waals surface area contributed by atoms with Gasteiger partial charge in [-0.05, 0) is 12.2 Å². The molecule has 3 N–H and O–H groups in total. The summed E-state index contributed by atoms with van der Waals surface area (Å²) in [7, 11) is 0. The van der Waals surface area contributed by atoms with Gasteiger partial charge < -0.3 is 14.9 Å². The van der Waals surface area contributed by atoms with Gasteiger partial charge in [-0.25, -0.2) is 4.39 Å². The Balaban J connectivity index is 2.35. The molecule has 8 heteroatoms. The summed E-state index contributed by atoms with van der Waals surface area (Å²) in [6, 6.07) is 1.17. The molecule has 1 aromatic rings. The maximum atomic E-state index is 13.7. The van der Waals surface area contributed by atoms with E-state index in [0.717, 1.165) is 0 Å². The van der Waals surface area contributed by atoms with Gasteiger partial charge in [-0.3, -0.25) is 14.3 Å². The molecule has 0 aromatic carbocycles. The van der Waals surface area contributed by atoms with E-state index in [1.54, 1.807) is 0 Å². The van der Waals surface area contributed by atoms with Crippen LogP contribution in [0.5, 0.6) is 0 Å². The number of aliphatic hydroxyl groups is 2. The van der Waals surface area contributed by atoms with Gasteiger partial charge in [0, 0.05) is 12.3 Å². The number of H-pyrrole nitrogens is 1. The second kappa shape index (κ2) is 4.65. The first-order valence-corrected chi connectivity index (χ1v) is 5.35. The van der Waals surface area contributed by atoms with Crippen LogP contribution in [0, 0.1) is 4.77 Å². The molecule has 1 saturated heterocycles. The summed E-state index contributed by atoms with van der Waals surface area (Å²) in [6.45, 7) is -0.491. The Kier molecular flexibility index (Phi) is 3.38. The van der Waals surface area contributed by atoms with E-state index in [-0.39, 0.29) is 4.77 Å². The number of nitrogens with one attached hydrogen (secondary N) is 1. The van der Waals surface area contributed by atoms with Crippen LogP contribution in [-0.4, -0.2) is 44.8 Å². The smallest absolute Gasteiger partial charge is 0.251 e. The van der Waals surface area contributed by atoms with Crippen molar-refractivity contribution >= 4 is 12.2 Å². The molecular weight excluding hydrogens is 251 g/mol. The normalized spacial score (nSPS) is 32.9. The van der Waals surface area contributed by atoms with E-state index < -0.39 is 36.8 Å². The highest BCUT2D eigenvalue weighted by Gasteiger charge is 2.44. The number of hydrogen-bond acceptors (Lipinski definition) is 5. The van der Waals surface area contributed by atoms with Gasteiger partial charge in [-0.15, -0.1) is 0 Å². The second-order valence-corrected chi connectivity index (χ2v) is 4.09. The summed E-state index contributed by atoms with van der Waals surface area (Å²) < 4.78 is 20.1. The van der Waals surface area contributed by atoms with Crippen molar-refractivity contribution in [2.45, 2.75) is 24.6 Å². The highest BCUT2D eigenvalue weighted by molar-refractivity contribution is 7.71. The summed E-state index contributed by atoms with van der Waals surface area (Å²) in [5.41, 5.74) is -0.404. The van der Waals surface area contributed by atoms with Gasteiger partial charge in [0.05, 0.1) is 6.61 Å². The van der Waals surface area contributed by atoms with E-state index >= 15 is 0 Å². The third-order valence-corrected chi connectivity index (χ3v) is 2.91. The van der Waals surface area contributed by atoms with Crippen LogP contribution in [-0.2, 0) is 4.74 Å². The number of rotatable bonds is 2. The van der Waals surface area contributed by atoms with E-state index in [1.165, 1.54) is 16.8 Å². The van der Waals surface area contributed by atoms with E-state index in [1.807, 2.05) is 0 Å². The van der Waals surface area contributed by atoms with Crippen molar-refractivity contribution in [3.63, 3.8) is 0 Å². The van der Waals surface area contributed by atoms with Crippen molar-refractivity contribution in [1.29, 1.82) is 0 Å². The molecule has 1 fully saturated rings. The standard InChI is InChI=1S/C9H11FN2O4S/c10-6-7(15)4(3-13)16-8(6)12-2-1-5(14)11-9(12)17/h1-2,4,6-8,13,15H,3H2,(H,11,14,17)/t4-,6+,7-,8-/m1/s1. The average Bonchev–Trinajstić information content (AvgIpc) is 2.57. The van der Waals surface area contributed by atoms with Gasteiger partial charge in [0.2, 0.25) is 0 Å². The van der Waals surface area contributed by atoms with Crippen LogP contribution in [0.3, 0.4) is 0 Å². The highest BCUT2D eigenvalue weighted by Crippen LogP contribution is 2.31. The summed E-state index contributed by atoms with van der Waals surface area (Å²) in [5, 5.41) is 18.3. The monoisotopic (exact) mass is 262 g/mol. The maximum Gasteiger partial charge on any atom is 0.251 e. The lowest BCUT2D eigenvalue weighted by molar-refractivity contribution is -0.0484. The summed E-state index contributed by atoms with van der Waals surface area (Å²) >= 11 is 4.86. The van der Waals surface area contributed by atoms with Gasteiger partial charge in [0.1, 0.15) is 12.2 Å². The highest BCUT2D eigenvalue weighted by atomic mass is 32.1. The fourth-order valence-corrected chi connectivity index (χ4v) is 1.97. The van der Waals surface area contributed by atoms with Gasteiger partial charge in [0.25, 0.3) is 5.56 Å². The first kappa shape index (κ1) is 12.4. The fourth-order valence-electron chi connectivity index (χ4n) is 1.71. The van der Waals surface area contributed by atoms with Crippen LogP contribution in [0.1, 0.15) is 6.23 Å². The minimum atomic E-state index is -1.72. The van der Waals surface area contributed by atoms with Crippen molar-refractivity contribution < 1.29 is 19.3 Å². The molecular formula is C9H11FN2O4S. The van der Waals surface area contributed by atoms with Gasteiger partial charge in [0.15, 0.2) is 17.2 Å². The summed E-state index contributed by atoms with van der Waals surface area (Å²) in [4.78, 5) is 13.3. The first-order chi connectivity index (χ1) is 8.04. The van der Waals surface area contributed by atoms with Crippen molar-refractivity contribution in [2.75, 3.05) is 6.61 Å². The first-order valence-electron chi connectivity index (χ1n) is 4.94. The zero-order chi connectivity index (χ0) is 12.6. The molecule has 0 bridgehead atoms. The zero-order valence-corrected chi connectivity index (χ0v) is 9.43. The fraction of sp³-hybridized carbons (Fsp3) is 0.556. The summed E-state index contributed by atoms with van der Waals surface area (Å²) in [5.74, 6) is 0. The molecule has 1 aliphatic heterocycles. The van der Waals surface area contributed by atoms with Crippen LogP contribution in [0.4, 0.5) is 4.39 Å². The number of aliphatic hydroxyl groups excluding tert-OH is 2. The molecule has 0 spiro atoms. The Morgan fingerprint density at radius 3 is 2.88 bits per heavy atom. The number of hydrogen-bond donors (Lipinski definition) is 3. The third-order valence-electron chi connectivity index (χ3n) is 2.60. The lowest BCUT2D eigenvalue weighted by Gasteiger charge is -2.16. The van der Waals surface area contributed by atoms with Crippen LogP contribution in [0.15, 0.2) is 17.1 Å². The Bertz CT molecular complexity index is 516. The van der Waals surface area contributed by atoms with Crippen LogP contribution in [0.25, 0.3) is 0 Å². The second-order valence-electron chi connectivity index (χ2n) is 3.70. The van der Waals surface area contributed by atoms with Gasteiger partial charge in [-0.2, -0.15) is 0 Å². The largest absolute Gasteiger partial charge is 0.394 e. The number of halogens is 1. The Morgan fingerprint density at radius 1 is 1.65 bits per heavy atom. The Hall–Kier alpha value is -1.09. The molecule has 0 saturated carbocycles. The predicted molar refractivity (Wildman–Crippen MR) is 57.8 cm³/mol. The number of aromatic nitrogens is 2. The van der Waals surface area contributed by atoms with Crippen molar-refractivity contribution in [1.82, 2.24) is 9.55 Å². The van der Waals surface area contributed by atoms with Crippen molar-refractivity contribution in [2.24, 2.45) is 0 Å². The Morgan fingerprint density at radius 2 is 2.35 bits per heavy atom. The van der Waals surface area contributed by atoms with Gasteiger partial charge >= 0.3 is 0 Å². The van der Waals surface area contributed by atoms with Crippen molar-refractivity contribution in [3.05, 3.63) is 27.4 Å². The van der Waals surface area contributed by atoms with Crippen LogP contribution >= 0.6 is 12.2 Å². The molecule has 94 valence electrons. The molecule has 6 nitrogen and oxygen atoms in total.